The Morgan fingerprint density at radius 3 is 2.00 bits per heavy atom. The number of nitrogens with two attached hydrogens (primary N) is 1. The minimum Gasteiger partial charge on any atom is -0.508 e. The van der Waals surface area contributed by atoms with E-state index in [1.165, 1.54) is 12.1 Å². The van der Waals surface area contributed by atoms with Crippen LogP contribution in [0.3, 0.4) is 0 Å². The summed E-state index contributed by atoms with van der Waals surface area (Å²) in [5.74, 6) is -2.47. The summed E-state index contributed by atoms with van der Waals surface area (Å²) in [5.41, 5.74) is 7.60. The third kappa shape index (κ3) is 7.42. The van der Waals surface area contributed by atoms with Crippen molar-refractivity contribution >= 4 is 17.8 Å². The fourth-order valence-corrected chi connectivity index (χ4v) is 3.08. The molecule has 3 atom stereocenters. The first kappa shape index (κ1) is 23.9. The highest BCUT2D eigenvalue weighted by Gasteiger charge is 2.29. The van der Waals surface area contributed by atoms with Crippen LogP contribution in [0, 0.1) is 5.92 Å². The molecule has 0 aliphatic rings. The first-order chi connectivity index (χ1) is 14.7. The summed E-state index contributed by atoms with van der Waals surface area (Å²) < 4.78 is 0. The van der Waals surface area contributed by atoms with Crippen molar-refractivity contribution in [3.63, 3.8) is 0 Å². The Morgan fingerprint density at radius 1 is 0.871 bits per heavy atom. The molecule has 0 saturated carbocycles. The molecule has 6 N–H and O–H groups in total. The van der Waals surface area contributed by atoms with Crippen LogP contribution >= 0.6 is 0 Å². The van der Waals surface area contributed by atoms with Gasteiger partial charge in [-0.05, 0) is 35.6 Å². The number of carboxylic acid groups (broad SMARTS) is 1. The van der Waals surface area contributed by atoms with Crippen molar-refractivity contribution < 1.29 is 24.6 Å². The number of phenolic OH excluding ortho intramolecular Hbond substituents is 1. The Balaban J connectivity index is 2.13. The van der Waals surface area contributed by atoms with E-state index in [0.717, 1.165) is 11.1 Å². The largest absolute Gasteiger partial charge is 0.508 e. The molecule has 0 bridgehead atoms. The lowest BCUT2D eigenvalue weighted by molar-refractivity contribution is -0.143. The number of benzene rings is 2. The second-order valence-electron chi connectivity index (χ2n) is 7.80. The van der Waals surface area contributed by atoms with Crippen molar-refractivity contribution in [1.82, 2.24) is 10.6 Å². The van der Waals surface area contributed by atoms with Crippen LogP contribution in [0.5, 0.6) is 5.75 Å². The van der Waals surface area contributed by atoms with Crippen LogP contribution in [0.25, 0.3) is 0 Å². The fraction of sp³-hybridized carbons (Fsp3) is 0.348. The molecule has 0 unspecified atom stereocenters. The lowest BCUT2D eigenvalue weighted by atomic mass is 10.0. The van der Waals surface area contributed by atoms with Gasteiger partial charge in [-0.1, -0.05) is 56.3 Å². The molecule has 0 heterocycles. The topological polar surface area (TPSA) is 142 Å². The molecule has 8 heteroatoms. The second kappa shape index (κ2) is 11.1. The molecule has 0 spiro atoms. The average molecular weight is 428 g/mol. The van der Waals surface area contributed by atoms with Crippen molar-refractivity contribution in [3.8, 4) is 5.75 Å². The predicted octanol–water partition coefficient (Wildman–Crippen LogP) is 1.21. The Kier molecular flexibility index (Phi) is 8.57. The normalized spacial score (nSPS) is 13.8. The highest BCUT2D eigenvalue weighted by molar-refractivity contribution is 5.92. The Morgan fingerprint density at radius 2 is 1.45 bits per heavy atom. The van der Waals surface area contributed by atoms with Crippen LogP contribution in [-0.2, 0) is 27.2 Å². The molecule has 0 aliphatic carbocycles. The van der Waals surface area contributed by atoms with Gasteiger partial charge in [-0.15, -0.1) is 0 Å². The zero-order chi connectivity index (χ0) is 23.0. The smallest absolute Gasteiger partial charge is 0.326 e. The summed E-state index contributed by atoms with van der Waals surface area (Å²) in [5, 5.41) is 23.9. The fourth-order valence-electron chi connectivity index (χ4n) is 3.08. The zero-order valence-corrected chi connectivity index (χ0v) is 17.6. The summed E-state index contributed by atoms with van der Waals surface area (Å²) in [6.07, 6.45) is 0.407. The third-order valence-electron chi connectivity index (χ3n) is 4.87. The Hall–Kier alpha value is -3.39. The predicted molar refractivity (Wildman–Crippen MR) is 116 cm³/mol. The maximum Gasteiger partial charge on any atom is 0.326 e. The molecule has 0 radical (unpaired) electrons. The highest BCUT2D eigenvalue weighted by Crippen LogP contribution is 2.11. The second-order valence-corrected chi connectivity index (χ2v) is 7.80. The van der Waals surface area contributed by atoms with Crippen LogP contribution < -0.4 is 16.4 Å². The summed E-state index contributed by atoms with van der Waals surface area (Å²) in [4.78, 5) is 37.0. The van der Waals surface area contributed by atoms with Gasteiger partial charge >= 0.3 is 5.97 Å². The number of carboxylic acids is 1. The van der Waals surface area contributed by atoms with Gasteiger partial charge in [-0.2, -0.15) is 0 Å². The summed E-state index contributed by atoms with van der Waals surface area (Å²) in [6, 6.07) is 12.5. The van der Waals surface area contributed by atoms with E-state index in [1.807, 2.05) is 30.3 Å². The molecule has 2 rings (SSSR count). The van der Waals surface area contributed by atoms with E-state index in [9.17, 15) is 24.6 Å². The highest BCUT2D eigenvalue weighted by atomic mass is 16.4. The molecule has 8 nitrogen and oxygen atoms in total. The van der Waals surface area contributed by atoms with Gasteiger partial charge in [0, 0.05) is 6.42 Å². The molecule has 31 heavy (non-hydrogen) atoms. The van der Waals surface area contributed by atoms with Gasteiger partial charge in [0.25, 0.3) is 0 Å². The lowest BCUT2D eigenvalue weighted by Crippen LogP contribution is -2.56. The lowest BCUT2D eigenvalue weighted by Gasteiger charge is -2.24. The summed E-state index contributed by atoms with van der Waals surface area (Å²) in [6.45, 7) is 3.38. The summed E-state index contributed by atoms with van der Waals surface area (Å²) >= 11 is 0. The van der Waals surface area contributed by atoms with E-state index < -0.39 is 35.9 Å². The number of amides is 2. The number of hydrogen-bond acceptors (Lipinski definition) is 5. The van der Waals surface area contributed by atoms with Crippen LogP contribution in [-0.4, -0.2) is 46.1 Å². The minimum atomic E-state index is -1.14. The van der Waals surface area contributed by atoms with E-state index in [1.54, 1.807) is 26.0 Å². The molecule has 0 saturated heterocycles. The first-order valence-electron chi connectivity index (χ1n) is 10.1. The third-order valence-corrected chi connectivity index (χ3v) is 4.87. The number of hydrogen-bond donors (Lipinski definition) is 5. The molecular weight excluding hydrogens is 398 g/mol. The van der Waals surface area contributed by atoms with E-state index in [0.29, 0.717) is 0 Å². The maximum atomic E-state index is 12.9. The molecule has 2 amide bonds. The van der Waals surface area contributed by atoms with Crippen LogP contribution in [0.15, 0.2) is 54.6 Å². The van der Waals surface area contributed by atoms with E-state index in [2.05, 4.69) is 10.6 Å². The summed E-state index contributed by atoms with van der Waals surface area (Å²) in [7, 11) is 0. The molecule has 0 aliphatic heterocycles. The number of phenols is 1. The zero-order valence-electron chi connectivity index (χ0n) is 17.6. The molecule has 0 fully saturated rings. The van der Waals surface area contributed by atoms with Gasteiger partial charge in [0.1, 0.15) is 17.8 Å². The molecule has 0 aromatic heterocycles. The molecular formula is C23H29N3O5. The number of carbonyl (C=O) groups is 3. The molecule has 2 aromatic carbocycles. The average Bonchev–Trinajstić information content (AvgIpc) is 2.73. The van der Waals surface area contributed by atoms with Crippen LogP contribution in [0.4, 0.5) is 0 Å². The number of aromatic hydroxyl groups is 1. The maximum absolute atomic E-state index is 12.9. The van der Waals surface area contributed by atoms with Crippen molar-refractivity contribution in [1.29, 1.82) is 0 Å². The number of nitrogens with one attached hydrogen (secondary N) is 2. The molecule has 166 valence electrons. The van der Waals surface area contributed by atoms with Gasteiger partial charge in [0.2, 0.25) is 11.8 Å². The standard InChI is InChI=1S/C23H29N3O5/c1-14(2)20(23(30)31)26-22(29)19(13-15-6-4-3-5-7-15)25-21(28)18(24)12-16-8-10-17(27)11-9-16/h3-11,14,18-20,27H,12-13,24H2,1-2H3,(H,25,28)(H,26,29)(H,30,31)/t18-,19-,20-/m0/s1. The van der Waals surface area contributed by atoms with Crippen molar-refractivity contribution in [2.75, 3.05) is 0 Å². The Labute approximate surface area is 181 Å². The Bertz CT molecular complexity index is 884. The van der Waals surface area contributed by atoms with Crippen molar-refractivity contribution in [2.45, 2.75) is 44.8 Å². The van der Waals surface area contributed by atoms with Crippen molar-refractivity contribution in [2.24, 2.45) is 11.7 Å². The van der Waals surface area contributed by atoms with E-state index in [4.69, 9.17) is 5.73 Å². The van der Waals surface area contributed by atoms with E-state index in [-0.39, 0.29) is 24.5 Å². The van der Waals surface area contributed by atoms with Crippen LogP contribution in [0.2, 0.25) is 0 Å². The van der Waals surface area contributed by atoms with Crippen LogP contribution in [0.1, 0.15) is 25.0 Å². The molecule has 2 aromatic rings. The van der Waals surface area contributed by atoms with Gasteiger partial charge < -0.3 is 26.6 Å². The van der Waals surface area contributed by atoms with Gasteiger partial charge in [0.05, 0.1) is 6.04 Å². The van der Waals surface area contributed by atoms with Gasteiger partial charge in [-0.25, -0.2) is 4.79 Å². The quantitative estimate of drug-likeness (QED) is 0.386. The van der Waals surface area contributed by atoms with E-state index >= 15 is 0 Å². The number of carbonyl (C=O) groups excluding carboxylic acids is 2. The monoisotopic (exact) mass is 427 g/mol. The van der Waals surface area contributed by atoms with Gasteiger partial charge in [0.15, 0.2) is 0 Å². The number of aliphatic carboxylic acids is 1. The van der Waals surface area contributed by atoms with Gasteiger partial charge in [-0.3, -0.25) is 9.59 Å². The number of rotatable bonds is 10. The van der Waals surface area contributed by atoms with Crippen molar-refractivity contribution in [3.05, 3.63) is 65.7 Å². The SMILES string of the molecule is CC(C)[C@H](NC(=O)[C@H](Cc1ccccc1)NC(=O)[C@@H](N)Cc1ccc(O)cc1)C(=O)O. The minimum absolute atomic E-state index is 0.111. The first-order valence-corrected chi connectivity index (χ1v) is 10.1.